The molecular weight excluding hydrogens is 304 g/mol. The smallest absolute Gasteiger partial charge is 0.246 e. The van der Waals surface area contributed by atoms with Crippen LogP contribution in [0.2, 0.25) is 5.02 Å². The van der Waals surface area contributed by atoms with E-state index in [4.69, 9.17) is 21.1 Å². The Labute approximate surface area is 136 Å². The number of ether oxygens (including phenoxy) is 2. The van der Waals surface area contributed by atoms with E-state index in [-0.39, 0.29) is 18.6 Å². The molecule has 122 valence electrons. The maximum absolute atomic E-state index is 11.8. The molecule has 0 bridgehead atoms. The number of carbonyl (C=O) groups excluding carboxylic acids is 1. The van der Waals surface area contributed by atoms with Gasteiger partial charge in [-0.2, -0.15) is 0 Å². The van der Waals surface area contributed by atoms with Crippen LogP contribution >= 0.6 is 11.6 Å². The van der Waals surface area contributed by atoms with Gasteiger partial charge in [-0.25, -0.2) is 0 Å². The van der Waals surface area contributed by atoms with Crippen LogP contribution in [0.25, 0.3) is 0 Å². The molecule has 1 atom stereocenters. The Morgan fingerprint density at radius 3 is 2.82 bits per heavy atom. The predicted molar refractivity (Wildman–Crippen MR) is 86.1 cm³/mol. The van der Waals surface area contributed by atoms with E-state index >= 15 is 0 Å². The molecule has 5 nitrogen and oxygen atoms in total. The van der Waals surface area contributed by atoms with Crippen LogP contribution < -0.4 is 5.32 Å². The molecule has 1 N–H and O–H groups in total. The van der Waals surface area contributed by atoms with Crippen LogP contribution in [-0.4, -0.2) is 56.9 Å². The van der Waals surface area contributed by atoms with Crippen LogP contribution in [0.5, 0.6) is 0 Å². The normalized spacial score (nSPS) is 17.2. The summed E-state index contributed by atoms with van der Waals surface area (Å²) in [5.41, 5.74) is 1.03. The number of nitrogens with one attached hydrogen (secondary N) is 1. The van der Waals surface area contributed by atoms with Crippen molar-refractivity contribution in [2.24, 2.45) is 0 Å². The zero-order valence-corrected chi connectivity index (χ0v) is 13.6. The van der Waals surface area contributed by atoms with Crippen molar-refractivity contribution in [1.29, 1.82) is 0 Å². The van der Waals surface area contributed by atoms with Gasteiger partial charge in [0.1, 0.15) is 6.61 Å². The van der Waals surface area contributed by atoms with Crippen molar-refractivity contribution in [2.75, 3.05) is 46.1 Å². The molecule has 1 saturated heterocycles. The summed E-state index contributed by atoms with van der Waals surface area (Å²) in [6.07, 6.45) is 0. The fourth-order valence-electron chi connectivity index (χ4n) is 2.53. The van der Waals surface area contributed by atoms with E-state index in [2.05, 4.69) is 10.2 Å². The molecule has 1 aliphatic rings. The second kappa shape index (κ2) is 9.10. The largest absolute Gasteiger partial charge is 0.379 e. The fourth-order valence-corrected chi connectivity index (χ4v) is 2.79. The Morgan fingerprint density at radius 2 is 2.14 bits per heavy atom. The molecule has 1 aromatic carbocycles. The van der Waals surface area contributed by atoms with Crippen LogP contribution in [0, 0.1) is 0 Å². The van der Waals surface area contributed by atoms with Gasteiger partial charge in [0.2, 0.25) is 5.91 Å². The number of halogens is 1. The summed E-state index contributed by atoms with van der Waals surface area (Å²) in [4.78, 5) is 14.1. The van der Waals surface area contributed by atoms with Crippen molar-refractivity contribution >= 4 is 17.5 Å². The third-order valence-corrected chi connectivity index (χ3v) is 4.02. The molecule has 0 saturated carbocycles. The van der Waals surface area contributed by atoms with Gasteiger partial charge in [-0.05, 0) is 18.6 Å². The molecular formula is C16H23ClN2O3. The van der Waals surface area contributed by atoms with Gasteiger partial charge < -0.3 is 14.8 Å². The van der Waals surface area contributed by atoms with E-state index in [0.717, 1.165) is 23.7 Å². The molecule has 0 aromatic heterocycles. The number of hydrogen-bond donors (Lipinski definition) is 1. The van der Waals surface area contributed by atoms with Gasteiger partial charge in [0.05, 0.1) is 19.3 Å². The summed E-state index contributed by atoms with van der Waals surface area (Å²) < 4.78 is 10.5. The van der Waals surface area contributed by atoms with E-state index in [9.17, 15) is 4.79 Å². The van der Waals surface area contributed by atoms with Crippen LogP contribution in [0.4, 0.5) is 0 Å². The Bertz CT molecular complexity index is 478. The molecule has 1 amide bonds. The molecule has 1 heterocycles. The van der Waals surface area contributed by atoms with Gasteiger partial charge in [0.15, 0.2) is 0 Å². The quantitative estimate of drug-likeness (QED) is 0.831. The summed E-state index contributed by atoms with van der Waals surface area (Å²) in [6.45, 7) is 6.07. The van der Waals surface area contributed by atoms with Crippen molar-refractivity contribution in [2.45, 2.75) is 13.0 Å². The predicted octanol–water partition coefficient (Wildman–Crippen LogP) is 1.87. The first-order valence-electron chi connectivity index (χ1n) is 7.63. The summed E-state index contributed by atoms with van der Waals surface area (Å²) in [5, 5.41) is 3.66. The highest BCUT2D eigenvalue weighted by Gasteiger charge is 2.24. The number of carbonyl (C=O) groups is 1. The minimum atomic E-state index is -0.104. The minimum absolute atomic E-state index is 0.0446. The van der Waals surface area contributed by atoms with Crippen molar-refractivity contribution in [3.63, 3.8) is 0 Å². The van der Waals surface area contributed by atoms with E-state index in [1.807, 2.05) is 31.2 Å². The van der Waals surface area contributed by atoms with Gasteiger partial charge in [-0.1, -0.05) is 29.8 Å². The summed E-state index contributed by atoms with van der Waals surface area (Å²) in [7, 11) is 0. The zero-order chi connectivity index (χ0) is 15.8. The molecule has 0 radical (unpaired) electrons. The first-order chi connectivity index (χ1) is 10.7. The molecule has 6 heteroatoms. The highest BCUT2D eigenvalue weighted by atomic mass is 35.5. The Balaban J connectivity index is 2.05. The lowest BCUT2D eigenvalue weighted by Gasteiger charge is -2.35. The van der Waals surface area contributed by atoms with Gasteiger partial charge in [0, 0.05) is 31.3 Å². The van der Waals surface area contributed by atoms with Crippen LogP contribution in [0.3, 0.4) is 0 Å². The first kappa shape index (κ1) is 17.2. The maximum atomic E-state index is 11.8. The number of nitrogens with zero attached hydrogens (tertiary/aromatic N) is 1. The van der Waals surface area contributed by atoms with Crippen molar-refractivity contribution in [1.82, 2.24) is 10.2 Å². The summed E-state index contributed by atoms with van der Waals surface area (Å²) >= 11 is 6.34. The topological polar surface area (TPSA) is 50.8 Å². The molecule has 1 fully saturated rings. The first-order valence-corrected chi connectivity index (χ1v) is 8.00. The Morgan fingerprint density at radius 1 is 1.41 bits per heavy atom. The highest BCUT2D eigenvalue weighted by molar-refractivity contribution is 6.31. The zero-order valence-electron chi connectivity index (χ0n) is 12.9. The molecule has 1 unspecified atom stereocenters. The van der Waals surface area contributed by atoms with Gasteiger partial charge in [-0.15, -0.1) is 0 Å². The molecule has 0 aliphatic carbocycles. The Hall–Kier alpha value is -1.14. The number of benzene rings is 1. The number of rotatable bonds is 7. The summed E-state index contributed by atoms with van der Waals surface area (Å²) in [5.74, 6) is -0.104. The van der Waals surface area contributed by atoms with Crippen LogP contribution in [0.15, 0.2) is 24.3 Å². The van der Waals surface area contributed by atoms with E-state index < -0.39 is 0 Å². The van der Waals surface area contributed by atoms with Crippen molar-refractivity contribution in [3.8, 4) is 0 Å². The lowest BCUT2D eigenvalue weighted by molar-refractivity contribution is -0.125. The number of amides is 1. The third-order valence-electron chi connectivity index (χ3n) is 3.68. The van der Waals surface area contributed by atoms with E-state index in [1.165, 1.54) is 0 Å². The average Bonchev–Trinajstić information content (AvgIpc) is 2.55. The van der Waals surface area contributed by atoms with E-state index in [0.29, 0.717) is 26.4 Å². The van der Waals surface area contributed by atoms with Gasteiger partial charge >= 0.3 is 0 Å². The monoisotopic (exact) mass is 326 g/mol. The fraction of sp³-hybridized carbons (Fsp3) is 0.562. The molecule has 0 spiro atoms. The number of morpholine rings is 1. The maximum Gasteiger partial charge on any atom is 0.246 e. The lowest BCUT2D eigenvalue weighted by atomic mass is 10.0. The third kappa shape index (κ3) is 4.95. The standard InChI is InChI=1S/C16H23ClN2O3/c1-2-21-12-16(20)18-11-15(19-7-9-22-10-8-19)13-5-3-4-6-14(13)17/h3-6,15H,2,7-12H2,1H3,(H,18,20). The van der Waals surface area contributed by atoms with Gasteiger partial charge in [0.25, 0.3) is 0 Å². The summed E-state index contributed by atoms with van der Waals surface area (Å²) in [6, 6.07) is 7.82. The van der Waals surface area contributed by atoms with Crippen molar-refractivity contribution in [3.05, 3.63) is 34.9 Å². The average molecular weight is 327 g/mol. The second-order valence-corrected chi connectivity index (χ2v) is 5.53. The van der Waals surface area contributed by atoms with Crippen LogP contribution in [-0.2, 0) is 14.3 Å². The van der Waals surface area contributed by atoms with Crippen LogP contribution in [0.1, 0.15) is 18.5 Å². The molecule has 2 rings (SSSR count). The van der Waals surface area contributed by atoms with Gasteiger partial charge in [-0.3, -0.25) is 9.69 Å². The lowest BCUT2D eigenvalue weighted by Crippen LogP contribution is -2.44. The Kier molecular flexibility index (Phi) is 7.12. The molecule has 1 aliphatic heterocycles. The number of hydrogen-bond acceptors (Lipinski definition) is 4. The molecule has 22 heavy (non-hydrogen) atoms. The van der Waals surface area contributed by atoms with E-state index in [1.54, 1.807) is 0 Å². The minimum Gasteiger partial charge on any atom is -0.379 e. The second-order valence-electron chi connectivity index (χ2n) is 5.13. The molecule has 1 aromatic rings. The highest BCUT2D eigenvalue weighted by Crippen LogP contribution is 2.27. The SMILES string of the molecule is CCOCC(=O)NCC(c1ccccc1Cl)N1CCOCC1. The van der Waals surface area contributed by atoms with Crippen molar-refractivity contribution < 1.29 is 14.3 Å².